The second-order valence-corrected chi connectivity index (χ2v) is 3.64. The summed E-state index contributed by atoms with van der Waals surface area (Å²) in [4.78, 5) is 17.4. The van der Waals surface area contributed by atoms with Gasteiger partial charge in [0.2, 0.25) is 11.9 Å². The van der Waals surface area contributed by atoms with E-state index >= 15 is 0 Å². The first kappa shape index (κ1) is 9.21. The number of carbonyl (C=O) groups excluding carboxylic acids is 1. The quantitative estimate of drug-likeness (QED) is 0.626. The number of nitrogens with two attached hydrogens (primary N) is 1. The Kier molecular flexibility index (Phi) is 2.03. The van der Waals surface area contributed by atoms with E-state index in [2.05, 4.69) is 4.98 Å². The Morgan fingerprint density at radius 3 is 3.07 bits per heavy atom. The molecule has 1 unspecified atom stereocenters. The monoisotopic (exact) mass is 194 g/mol. The highest BCUT2D eigenvalue weighted by atomic mass is 16.2. The van der Waals surface area contributed by atoms with E-state index in [4.69, 9.17) is 5.73 Å². The van der Waals surface area contributed by atoms with Gasteiger partial charge in [-0.25, -0.2) is 4.98 Å². The Bertz CT molecular complexity index is 371. The maximum atomic E-state index is 11.7. The van der Waals surface area contributed by atoms with Gasteiger partial charge in [0, 0.05) is 19.3 Å². The molecule has 0 saturated heterocycles. The van der Waals surface area contributed by atoms with Crippen LogP contribution in [0.3, 0.4) is 0 Å². The van der Waals surface area contributed by atoms with Crippen molar-refractivity contribution in [3.8, 4) is 0 Å². The van der Waals surface area contributed by atoms with E-state index in [1.165, 1.54) is 4.90 Å². The average Bonchev–Trinajstić information content (AvgIpc) is 2.49. The SMILES string of the molecule is Cc1cnc2n1CCC(N)C(=O)N2C. The molecule has 1 aliphatic rings. The molecule has 0 aliphatic carbocycles. The van der Waals surface area contributed by atoms with E-state index in [1.54, 1.807) is 13.2 Å². The fourth-order valence-corrected chi connectivity index (χ4v) is 1.73. The van der Waals surface area contributed by atoms with Crippen LogP contribution in [0.4, 0.5) is 5.95 Å². The molecule has 0 radical (unpaired) electrons. The van der Waals surface area contributed by atoms with Gasteiger partial charge in [0.05, 0.1) is 12.2 Å². The van der Waals surface area contributed by atoms with Gasteiger partial charge in [0.15, 0.2) is 0 Å². The molecule has 0 bridgehead atoms. The smallest absolute Gasteiger partial charge is 0.246 e. The Balaban J connectivity index is 2.45. The third-order valence-corrected chi connectivity index (χ3v) is 2.65. The molecule has 2 rings (SSSR count). The molecule has 1 amide bonds. The Hall–Kier alpha value is -1.36. The van der Waals surface area contributed by atoms with Gasteiger partial charge in [-0.3, -0.25) is 9.69 Å². The van der Waals surface area contributed by atoms with Crippen LogP contribution >= 0.6 is 0 Å². The molecular weight excluding hydrogens is 180 g/mol. The lowest BCUT2D eigenvalue weighted by Crippen LogP contribution is -2.40. The van der Waals surface area contributed by atoms with Crippen molar-refractivity contribution in [1.29, 1.82) is 0 Å². The first-order valence-electron chi connectivity index (χ1n) is 4.66. The average molecular weight is 194 g/mol. The van der Waals surface area contributed by atoms with E-state index in [0.29, 0.717) is 12.4 Å². The van der Waals surface area contributed by atoms with Crippen LogP contribution in [-0.4, -0.2) is 28.5 Å². The lowest BCUT2D eigenvalue weighted by molar-refractivity contribution is -0.119. The minimum Gasteiger partial charge on any atom is -0.320 e. The number of rotatable bonds is 0. The summed E-state index contributed by atoms with van der Waals surface area (Å²) in [6.07, 6.45) is 2.45. The lowest BCUT2D eigenvalue weighted by Gasteiger charge is -2.15. The molecule has 5 nitrogen and oxygen atoms in total. The third-order valence-electron chi connectivity index (χ3n) is 2.65. The summed E-state index contributed by atoms with van der Waals surface area (Å²) in [5.74, 6) is 0.634. The molecule has 1 aromatic heterocycles. The summed E-state index contributed by atoms with van der Waals surface area (Å²) in [5, 5.41) is 0. The highest BCUT2D eigenvalue weighted by Gasteiger charge is 2.26. The van der Waals surface area contributed by atoms with Crippen LogP contribution in [0.25, 0.3) is 0 Å². The van der Waals surface area contributed by atoms with E-state index in [0.717, 1.165) is 12.2 Å². The Morgan fingerprint density at radius 1 is 1.64 bits per heavy atom. The van der Waals surface area contributed by atoms with Crippen LogP contribution in [0.2, 0.25) is 0 Å². The molecule has 1 aliphatic heterocycles. The number of hydrogen-bond acceptors (Lipinski definition) is 3. The van der Waals surface area contributed by atoms with E-state index in [-0.39, 0.29) is 5.91 Å². The van der Waals surface area contributed by atoms with Crippen LogP contribution in [0.1, 0.15) is 12.1 Å². The Labute approximate surface area is 82.5 Å². The predicted octanol–water partition coefficient (Wildman–Crippen LogP) is -0.115. The van der Waals surface area contributed by atoms with Gasteiger partial charge in [0.1, 0.15) is 0 Å². The van der Waals surface area contributed by atoms with Gasteiger partial charge in [-0.1, -0.05) is 0 Å². The van der Waals surface area contributed by atoms with Gasteiger partial charge in [-0.15, -0.1) is 0 Å². The van der Waals surface area contributed by atoms with Crippen LogP contribution in [0.15, 0.2) is 6.20 Å². The molecule has 2 N–H and O–H groups in total. The van der Waals surface area contributed by atoms with Crippen molar-refractivity contribution in [2.45, 2.75) is 25.9 Å². The predicted molar refractivity (Wildman–Crippen MR) is 53.0 cm³/mol. The van der Waals surface area contributed by atoms with Crippen molar-refractivity contribution in [3.05, 3.63) is 11.9 Å². The molecule has 0 aromatic carbocycles. The fraction of sp³-hybridized carbons (Fsp3) is 0.556. The molecule has 1 aromatic rings. The summed E-state index contributed by atoms with van der Waals surface area (Å²) >= 11 is 0. The summed E-state index contributed by atoms with van der Waals surface area (Å²) < 4.78 is 2.02. The van der Waals surface area contributed by atoms with Gasteiger partial charge < -0.3 is 10.3 Å². The maximum absolute atomic E-state index is 11.7. The lowest BCUT2D eigenvalue weighted by atomic mass is 10.2. The molecule has 0 saturated carbocycles. The number of likely N-dealkylation sites (N-methyl/N-ethyl adjacent to an activating group) is 1. The van der Waals surface area contributed by atoms with Crippen molar-refractivity contribution in [1.82, 2.24) is 9.55 Å². The number of anilines is 1. The number of amides is 1. The second kappa shape index (κ2) is 3.09. The topological polar surface area (TPSA) is 64.2 Å². The first-order valence-corrected chi connectivity index (χ1v) is 4.66. The first-order chi connectivity index (χ1) is 6.61. The number of aromatic nitrogens is 2. The van der Waals surface area contributed by atoms with E-state index in [1.807, 2.05) is 11.5 Å². The fourth-order valence-electron chi connectivity index (χ4n) is 1.73. The van der Waals surface area contributed by atoms with E-state index < -0.39 is 6.04 Å². The zero-order valence-electron chi connectivity index (χ0n) is 8.40. The molecular formula is C9H14N4O. The van der Waals surface area contributed by atoms with Crippen molar-refractivity contribution in [2.24, 2.45) is 5.73 Å². The summed E-state index contributed by atoms with van der Waals surface area (Å²) in [6.45, 7) is 2.74. The normalized spacial score (nSPS) is 22.1. The van der Waals surface area contributed by atoms with Crippen LogP contribution in [-0.2, 0) is 11.3 Å². The zero-order valence-corrected chi connectivity index (χ0v) is 8.40. The van der Waals surface area contributed by atoms with Crippen molar-refractivity contribution >= 4 is 11.9 Å². The third kappa shape index (κ3) is 1.21. The summed E-state index contributed by atoms with van der Waals surface area (Å²) in [7, 11) is 1.71. The number of hydrogen-bond donors (Lipinski definition) is 1. The number of aryl methyl sites for hydroxylation is 1. The van der Waals surface area contributed by atoms with Crippen LogP contribution < -0.4 is 10.6 Å². The number of fused-ring (bicyclic) bond motifs is 1. The summed E-state index contributed by atoms with van der Waals surface area (Å²) in [5.41, 5.74) is 6.79. The molecule has 0 fully saturated rings. The maximum Gasteiger partial charge on any atom is 0.246 e. The minimum absolute atomic E-state index is 0.0608. The number of carbonyl (C=O) groups is 1. The standard InChI is InChI=1S/C9H14N4O/c1-6-5-11-9-12(2)8(14)7(10)3-4-13(6)9/h5,7H,3-4,10H2,1-2H3. The van der Waals surface area contributed by atoms with Gasteiger partial charge >= 0.3 is 0 Å². The molecule has 1 atom stereocenters. The molecule has 5 heteroatoms. The summed E-state index contributed by atoms with van der Waals surface area (Å²) in [6, 6.07) is -0.402. The molecule has 14 heavy (non-hydrogen) atoms. The van der Waals surface area contributed by atoms with Gasteiger partial charge in [-0.2, -0.15) is 0 Å². The number of imidazole rings is 1. The second-order valence-electron chi connectivity index (χ2n) is 3.64. The van der Waals surface area contributed by atoms with Gasteiger partial charge in [0.25, 0.3) is 0 Å². The van der Waals surface area contributed by atoms with Crippen molar-refractivity contribution in [3.63, 3.8) is 0 Å². The highest BCUT2D eigenvalue weighted by Crippen LogP contribution is 2.19. The zero-order chi connectivity index (χ0) is 10.3. The Morgan fingerprint density at radius 2 is 2.36 bits per heavy atom. The van der Waals surface area contributed by atoms with Crippen LogP contribution in [0.5, 0.6) is 0 Å². The van der Waals surface area contributed by atoms with Crippen molar-refractivity contribution in [2.75, 3.05) is 11.9 Å². The molecule has 2 heterocycles. The van der Waals surface area contributed by atoms with Gasteiger partial charge in [-0.05, 0) is 13.3 Å². The van der Waals surface area contributed by atoms with Crippen molar-refractivity contribution < 1.29 is 4.79 Å². The van der Waals surface area contributed by atoms with E-state index in [9.17, 15) is 4.79 Å². The molecule has 76 valence electrons. The largest absolute Gasteiger partial charge is 0.320 e. The highest BCUT2D eigenvalue weighted by molar-refractivity contribution is 5.95. The van der Waals surface area contributed by atoms with Crippen LogP contribution in [0, 0.1) is 6.92 Å². The minimum atomic E-state index is -0.402. The number of nitrogens with zero attached hydrogens (tertiary/aromatic N) is 3. The molecule has 0 spiro atoms.